The summed E-state index contributed by atoms with van der Waals surface area (Å²) in [6, 6.07) is 3.96. The molecule has 0 aliphatic heterocycles. The molecule has 0 saturated carbocycles. The van der Waals surface area contributed by atoms with Gasteiger partial charge in [-0.25, -0.2) is 0 Å². The van der Waals surface area contributed by atoms with E-state index in [9.17, 15) is 0 Å². The third kappa shape index (κ3) is 3.66. The van der Waals surface area contributed by atoms with E-state index in [2.05, 4.69) is 11.6 Å². The minimum Gasteiger partial charge on any atom is -0.485 e. The van der Waals surface area contributed by atoms with Gasteiger partial charge in [-0.1, -0.05) is 12.7 Å². The van der Waals surface area contributed by atoms with E-state index in [1.165, 1.54) is 0 Å². The quantitative estimate of drug-likeness (QED) is 0.774. The highest BCUT2D eigenvalue weighted by Gasteiger charge is 2.10. The molecule has 0 bridgehead atoms. The van der Waals surface area contributed by atoms with Gasteiger partial charge in [-0.2, -0.15) is 0 Å². The third-order valence-corrected chi connectivity index (χ3v) is 2.23. The van der Waals surface area contributed by atoms with Crippen LogP contribution >= 0.6 is 0 Å². The van der Waals surface area contributed by atoms with E-state index in [1.54, 1.807) is 6.08 Å². The number of aromatic nitrogens is 1. The molecule has 0 aliphatic rings. The second-order valence-corrected chi connectivity index (χ2v) is 4.14. The molecule has 3 nitrogen and oxygen atoms in total. The van der Waals surface area contributed by atoms with Crippen LogP contribution in [0, 0.1) is 6.92 Å². The molecule has 0 amide bonds. The summed E-state index contributed by atoms with van der Waals surface area (Å²) < 4.78 is 5.71. The lowest BCUT2D eigenvalue weighted by molar-refractivity contribution is 0.265. The second kappa shape index (κ2) is 5.66. The molecule has 1 heterocycles. The lowest BCUT2D eigenvalue weighted by Gasteiger charge is -2.15. The summed E-state index contributed by atoms with van der Waals surface area (Å²) >= 11 is 0. The molecular weight excluding hydrogens is 200 g/mol. The molecule has 0 aliphatic carbocycles. The largest absolute Gasteiger partial charge is 0.485 e. The van der Waals surface area contributed by atoms with Crippen molar-refractivity contribution < 1.29 is 4.74 Å². The van der Waals surface area contributed by atoms with E-state index >= 15 is 0 Å². The Bertz CT molecular complexity index is 361. The van der Waals surface area contributed by atoms with Gasteiger partial charge in [0.15, 0.2) is 0 Å². The highest BCUT2D eigenvalue weighted by molar-refractivity contribution is 5.30. The average Bonchev–Trinajstić information content (AvgIpc) is 2.21. The van der Waals surface area contributed by atoms with E-state index in [1.807, 2.05) is 32.9 Å². The zero-order valence-electron chi connectivity index (χ0n) is 10.2. The highest BCUT2D eigenvalue weighted by atomic mass is 16.5. The summed E-state index contributed by atoms with van der Waals surface area (Å²) in [5, 5.41) is 0. The van der Waals surface area contributed by atoms with Crippen LogP contribution in [0.4, 0.5) is 0 Å². The topological polar surface area (TPSA) is 48.1 Å². The molecule has 1 rings (SSSR count). The molecule has 16 heavy (non-hydrogen) atoms. The first kappa shape index (κ1) is 12.7. The summed E-state index contributed by atoms with van der Waals surface area (Å²) in [4.78, 5) is 4.46. The van der Waals surface area contributed by atoms with Crippen LogP contribution in [0.1, 0.15) is 25.2 Å². The molecule has 2 N–H and O–H groups in total. The number of hydrogen-bond donors (Lipinski definition) is 1. The van der Waals surface area contributed by atoms with Crippen molar-refractivity contribution in [2.75, 3.05) is 0 Å². The Labute approximate surface area is 97.3 Å². The normalized spacial score (nSPS) is 14.2. The van der Waals surface area contributed by atoms with Gasteiger partial charge in [0.25, 0.3) is 0 Å². The van der Waals surface area contributed by atoms with Gasteiger partial charge in [0.2, 0.25) is 0 Å². The van der Waals surface area contributed by atoms with E-state index in [-0.39, 0.29) is 12.1 Å². The SMILES string of the molecule is C=CC(C)Oc1ccc(C)nc1CC(C)N. The van der Waals surface area contributed by atoms with Crippen LogP contribution < -0.4 is 10.5 Å². The average molecular weight is 220 g/mol. The number of nitrogens with two attached hydrogens (primary N) is 1. The zero-order valence-corrected chi connectivity index (χ0v) is 10.2. The molecule has 2 unspecified atom stereocenters. The van der Waals surface area contributed by atoms with Crippen LogP contribution in [0.2, 0.25) is 0 Å². The van der Waals surface area contributed by atoms with Gasteiger partial charge in [-0.05, 0) is 32.9 Å². The molecule has 1 aromatic rings. The first-order valence-corrected chi connectivity index (χ1v) is 5.54. The minimum absolute atomic E-state index is 0.0173. The fourth-order valence-corrected chi connectivity index (χ4v) is 1.40. The van der Waals surface area contributed by atoms with Crippen molar-refractivity contribution in [2.24, 2.45) is 5.73 Å². The van der Waals surface area contributed by atoms with Crippen molar-refractivity contribution in [3.05, 3.63) is 36.2 Å². The highest BCUT2D eigenvalue weighted by Crippen LogP contribution is 2.19. The first-order valence-electron chi connectivity index (χ1n) is 5.54. The van der Waals surface area contributed by atoms with E-state index in [4.69, 9.17) is 10.5 Å². The van der Waals surface area contributed by atoms with Crippen molar-refractivity contribution >= 4 is 0 Å². The Hall–Kier alpha value is -1.35. The lowest BCUT2D eigenvalue weighted by Crippen LogP contribution is -2.20. The summed E-state index contributed by atoms with van der Waals surface area (Å²) in [7, 11) is 0. The molecule has 0 saturated heterocycles. The van der Waals surface area contributed by atoms with Crippen molar-refractivity contribution in [1.82, 2.24) is 4.98 Å². The Kier molecular flexibility index (Phi) is 4.50. The molecular formula is C13H20N2O. The molecule has 3 heteroatoms. The zero-order chi connectivity index (χ0) is 12.1. The number of aryl methyl sites for hydroxylation is 1. The Morgan fingerprint density at radius 3 is 2.75 bits per heavy atom. The molecule has 1 aromatic heterocycles. The maximum absolute atomic E-state index is 5.79. The molecule has 0 radical (unpaired) electrons. The van der Waals surface area contributed by atoms with Crippen LogP contribution in [0.15, 0.2) is 24.8 Å². The number of rotatable bonds is 5. The number of pyridine rings is 1. The van der Waals surface area contributed by atoms with Gasteiger partial charge < -0.3 is 10.5 Å². The van der Waals surface area contributed by atoms with Crippen LogP contribution in [-0.2, 0) is 6.42 Å². The van der Waals surface area contributed by atoms with Gasteiger partial charge in [0.1, 0.15) is 11.9 Å². The number of nitrogens with zero attached hydrogens (tertiary/aromatic N) is 1. The predicted octanol–water partition coefficient (Wildman–Crippen LogP) is 2.23. The Morgan fingerprint density at radius 1 is 1.50 bits per heavy atom. The summed E-state index contributed by atoms with van der Waals surface area (Å²) in [6.45, 7) is 9.57. The van der Waals surface area contributed by atoms with Crippen molar-refractivity contribution in [3.8, 4) is 5.75 Å². The van der Waals surface area contributed by atoms with Crippen molar-refractivity contribution in [1.29, 1.82) is 0 Å². The smallest absolute Gasteiger partial charge is 0.141 e. The fourth-order valence-electron chi connectivity index (χ4n) is 1.40. The first-order chi connectivity index (χ1) is 7.52. The summed E-state index contributed by atoms with van der Waals surface area (Å²) in [5.41, 5.74) is 7.69. The third-order valence-electron chi connectivity index (χ3n) is 2.23. The van der Waals surface area contributed by atoms with Gasteiger partial charge >= 0.3 is 0 Å². The van der Waals surface area contributed by atoms with Crippen LogP contribution in [-0.4, -0.2) is 17.1 Å². The van der Waals surface area contributed by atoms with Crippen molar-refractivity contribution in [2.45, 2.75) is 39.3 Å². The molecule has 0 spiro atoms. The minimum atomic E-state index is -0.0173. The summed E-state index contributed by atoms with van der Waals surface area (Å²) in [6.07, 6.45) is 2.47. The fraction of sp³-hybridized carbons (Fsp3) is 0.462. The lowest BCUT2D eigenvalue weighted by atomic mass is 10.1. The van der Waals surface area contributed by atoms with Gasteiger partial charge in [0, 0.05) is 18.2 Å². The number of hydrogen-bond acceptors (Lipinski definition) is 3. The van der Waals surface area contributed by atoms with Crippen LogP contribution in [0.25, 0.3) is 0 Å². The van der Waals surface area contributed by atoms with E-state index in [0.29, 0.717) is 0 Å². The predicted molar refractivity (Wildman–Crippen MR) is 66.6 cm³/mol. The van der Waals surface area contributed by atoms with Crippen LogP contribution in [0.3, 0.4) is 0 Å². The Morgan fingerprint density at radius 2 is 2.19 bits per heavy atom. The van der Waals surface area contributed by atoms with E-state index < -0.39 is 0 Å². The number of ether oxygens (including phenoxy) is 1. The van der Waals surface area contributed by atoms with Crippen LogP contribution in [0.5, 0.6) is 5.75 Å². The second-order valence-electron chi connectivity index (χ2n) is 4.14. The van der Waals surface area contributed by atoms with Crippen molar-refractivity contribution in [3.63, 3.8) is 0 Å². The summed E-state index contributed by atoms with van der Waals surface area (Å²) in [5.74, 6) is 0.801. The monoisotopic (exact) mass is 220 g/mol. The van der Waals surface area contributed by atoms with Gasteiger partial charge in [-0.3, -0.25) is 4.98 Å². The maximum atomic E-state index is 5.79. The van der Waals surface area contributed by atoms with Gasteiger partial charge in [0.05, 0.1) is 5.69 Å². The van der Waals surface area contributed by atoms with Gasteiger partial charge in [-0.15, -0.1) is 0 Å². The molecule has 0 fully saturated rings. The Balaban J connectivity index is 2.92. The standard InChI is InChI=1S/C13H20N2O/c1-5-11(4)16-13-7-6-10(3)15-12(13)8-9(2)14/h5-7,9,11H,1,8,14H2,2-4H3. The molecule has 0 aromatic carbocycles. The molecule has 2 atom stereocenters. The maximum Gasteiger partial charge on any atom is 0.141 e. The van der Waals surface area contributed by atoms with E-state index in [0.717, 1.165) is 23.6 Å². The molecule has 88 valence electrons.